The quantitative estimate of drug-likeness (QED) is 0.867. The molecule has 0 radical (unpaired) electrons. The van der Waals surface area contributed by atoms with Crippen LogP contribution in [0.15, 0.2) is 48.5 Å². The number of carbonyl (C=O) groups excluding carboxylic acids is 3. The van der Waals surface area contributed by atoms with Crippen LogP contribution in [-0.2, 0) is 0 Å². The number of carbonyl (C=O) groups is 3. The molecule has 0 saturated carbocycles. The Balaban J connectivity index is 1.93. The minimum atomic E-state index is -0.360. The number of nitrogens with zero attached hydrogens (tertiary/aromatic N) is 2. The number of rotatable bonds is 2. The summed E-state index contributed by atoms with van der Waals surface area (Å²) < 4.78 is 0. The second kappa shape index (κ2) is 5.57. The number of urea groups is 1. The average molecular weight is 309 g/mol. The van der Waals surface area contributed by atoms with Crippen LogP contribution < -0.4 is 10.2 Å². The summed E-state index contributed by atoms with van der Waals surface area (Å²) in [5.41, 5.74) is 1.71. The molecular formula is C17H15N3O3. The molecule has 0 spiro atoms. The van der Waals surface area contributed by atoms with Crippen molar-refractivity contribution in [3.63, 3.8) is 0 Å². The Labute approximate surface area is 133 Å². The lowest BCUT2D eigenvalue weighted by molar-refractivity contribution is 0.0926. The normalized spacial score (nSPS) is 13.0. The number of hydrogen-bond donors (Lipinski definition) is 1. The number of imide groups is 1. The van der Waals surface area contributed by atoms with Crippen molar-refractivity contribution in [3.05, 3.63) is 59.7 Å². The van der Waals surface area contributed by atoms with Gasteiger partial charge in [-0.1, -0.05) is 18.2 Å². The third kappa shape index (κ3) is 2.55. The third-order valence-electron chi connectivity index (χ3n) is 3.56. The van der Waals surface area contributed by atoms with Gasteiger partial charge in [-0.25, -0.2) is 9.69 Å². The van der Waals surface area contributed by atoms with Crippen molar-refractivity contribution in [1.29, 1.82) is 0 Å². The second-order valence-electron chi connectivity index (χ2n) is 5.37. The number of hydrogen-bond acceptors (Lipinski definition) is 3. The molecule has 1 aliphatic heterocycles. The molecule has 1 N–H and O–H groups in total. The molecule has 116 valence electrons. The molecule has 1 heterocycles. The molecule has 0 saturated heterocycles. The SMILES string of the molecule is CN(C)C(=O)Nc1cccc(N2C(=O)c3ccccc3C2=O)c1. The van der Waals surface area contributed by atoms with Crippen LogP contribution in [-0.4, -0.2) is 36.8 Å². The van der Waals surface area contributed by atoms with Gasteiger partial charge in [0.15, 0.2) is 0 Å². The summed E-state index contributed by atoms with van der Waals surface area (Å²) >= 11 is 0. The van der Waals surface area contributed by atoms with Gasteiger partial charge in [0, 0.05) is 19.8 Å². The van der Waals surface area contributed by atoms with Crippen molar-refractivity contribution in [3.8, 4) is 0 Å². The van der Waals surface area contributed by atoms with Gasteiger partial charge in [-0.05, 0) is 30.3 Å². The summed E-state index contributed by atoms with van der Waals surface area (Å²) in [4.78, 5) is 39.2. The Morgan fingerprint density at radius 2 is 1.57 bits per heavy atom. The molecule has 2 aromatic carbocycles. The van der Waals surface area contributed by atoms with Gasteiger partial charge < -0.3 is 10.2 Å². The Hall–Kier alpha value is -3.15. The number of fused-ring (bicyclic) bond motifs is 1. The van der Waals surface area contributed by atoms with Crippen LogP contribution in [0.1, 0.15) is 20.7 Å². The lowest BCUT2D eigenvalue weighted by Gasteiger charge is -2.16. The van der Waals surface area contributed by atoms with Crippen LogP contribution in [0.5, 0.6) is 0 Å². The van der Waals surface area contributed by atoms with E-state index < -0.39 is 0 Å². The van der Waals surface area contributed by atoms with Gasteiger partial charge in [0.1, 0.15) is 0 Å². The zero-order valence-electron chi connectivity index (χ0n) is 12.7. The molecule has 6 nitrogen and oxygen atoms in total. The maximum absolute atomic E-state index is 12.5. The highest BCUT2D eigenvalue weighted by atomic mass is 16.2. The van der Waals surface area contributed by atoms with E-state index in [9.17, 15) is 14.4 Å². The topological polar surface area (TPSA) is 69.7 Å². The molecule has 0 bridgehead atoms. The maximum Gasteiger partial charge on any atom is 0.321 e. The molecular weight excluding hydrogens is 294 g/mol. The zero-order chi connectivity index (χ0) is 16.6. The highest BCUT2D eigenvalue weighted by Crippen LogP contribution is 2.29. The summed E-state index contributed by atoms with van der Waals surface area (Å²) in [6.07, 6.45) is 0. The molecule has 0 aromatic heterocycles. The molecule has 0 aliphatic carbocycles. The molecule has 2 aromatic rings. The van der Waals surface area contributed by atoms with E-state index in [1.807, 2.05) is 0 Å². The van der Waals surface area contributed by atoms with Crippen molar-refractivity contribution in [1.82, 2.24) is 4.90 Å². The van der Waals surface area contributed by atoms with Crippen molar-refractivity contribution < 1.29 is 14.4 Å². The van der Waals surface area contributed by atoms with Gasteiger partial charge in [-0.3, -0.25) is 9.59 Å². The van der Waals surface area contributed by atoms with Crippen molar-refractivity contribution in [2.24, 2.45) is 0 Å². The van der Waals surface area contributed by atoms with Crippen LogP contribution in [0.3, 0.4) is 0 Å². The predicted molar refractivity (Wildman–Crippen MR) is 86.7 cm³/mol. The number of anilines is 2. The number of amides is 4. The van der Waals surface area contributed by atoms with Gasteiger partial charge in [0.05, 0.1) is 16.8 Å². The highest BCUT2D eigenvalue weighted by molar-refractivity contribution is 6.34. The summed E-state index contributed by atoms with van der Waals surface area (Å²) in [7, 11) is 3.26. The molecule has 0 atom stereocenters. The molecule has 3 rings (SSSR count). The summed E-state index contributed by atoms with van der Waals surface area (Å²) in [6.45, 7) is 0. The van der Waals surface area contributed by atoms with E-state index in [1.54, 1.807) is 62.6 Å². The molecule has 1 aliphatic rings. The van der Waals surface area contributed by atoms with Gasteiger partial charge in [-0.15, -0.1) is 0 Å². The van der Waals surface area contributed by atoms with Gasteiger partial charge in [-0.2, -0.15) is 0 Å². The van der Waals surface area contributed by atoms with Gasteiger partial charge in [0.2, 0.25) is 0 Å². The number of nitrogens with one attached hydrogen (secondary N) is 1. The molecule has 0 unspecified atom stereocenters. The first-order valence-corrected chi connectivity index (χ1v) is 7.05. The lowest BCUT2D eigenvalue weighted by atomic mass is 10.1. The summed E-state index contributed by atoms with van der Waals surface area (Å²) in [6, 6.07) is 13.1. The molecule has 6 heteroatoms. The van der Waals surface area contributed by atoms with E-state index in [0.29, 0.717) is 22.5 Å². The summed E-state index contributed by atoms with van der Waals surface area (Å²) in [5.74, 6) is -0.719. The molecule has 23 heavy (non-hydrogen) atoms. The standard InChI is InChI=1S/C17H15N3O3/c1-19(2)17(23)18-11-6-5-7-12(10-11)20-15(21)13-8-3-4-9-14(13)16(20)22/h3-10H,1-2H3,(H,18,23). The zero-order valence-corrected chi connectivity index (χ0v) is 12.7. The fraction of sp³-hybridized carbons (Fsp3) is 0.118. The first kappa shape index (κ1) is 14.8. The first-order valence-electron chi connectivity index (χ1n) is 7.05. The summed E-state index contributed by atoms with van der Waals surface area (Å²) in [5, 5.41) is 2.69. The number of benzene rings is 2. The Bertz CT molecular complexity index is 779. The van der Waals surface area contributed by atoms with E-state index in [2.05, 4.69) is 5.32 Å². The van der Waals surface area contributed by atoms with Gasteiger partial charge in [0.25, 0.3) is 11.8 Å². The molecule has 4 amide bonds. The van der Waals surface area contributed by atoms with Crippen LogP contribution in [0, 0.1) is 0 Å². The van der Waals surface area contributed by atoms with E-state index in [-0.39, 0.29) is 17.8 Å². The van der Waals surface area contributed by atoms with E-state index >= 15 is 0 Å². The molecule has 0 fully saturated rings. The largest absolute Gasteiger partial charge is 0.331 e. The van der Waals surface area contributed by atoms with Crippen molar-refractivity contribution in [2.45, 2.75) is 0 Å². The van der Waals surface area contributed by atoms with Crippen LogP contribution in [0.2, 0.25) is 0 Å². The minimum absolute atomic E-state index is 0.287. The Kier molecular flexibility index (Phi) is 3.57. The average Bonchev–Trinajstić information content (AvgIpc) is 2.79. The fourth-order valence-electron chi connectivity index (χ4n) is 2.38. The highest BCUT2D eigenvalue weighted by Gasteiger charge is 2.36. The third-order valence-corrected chi connectivity index (χ3v) is 3.56. The second-order valence-corrected chi connectivity index (χ2v) is 5.37. The van der Waals surface area contributed by atoms with E-state index in [4.69, 9.17) is 0 Å². The lowest BCUT2D eigenvalue weighted by Crippen LogP contribution is -2.30. The monoisotopic (exact) mass is 309 g/mol. The van der Waals surface area contributed by atoms with E-state index in [1.165, 1.54) is 4.90 Å². The van der Waals surface area contributed by atoms with Crippen LogP contribution in [0.25, 0.3) is 0 Å². The smallest absolute Gasteiger partial charge is 0.321 e. The van der Waals surface area contributed by atoms with Crippen LogP contribution in [0.4, 0.5) is 16.2 Å². The maximum atomic E-state index is 12.5. The fourth-order valence-corrected chi connectivity index (χ4v) is 2.38. The Morgan fingerprint density at radius 3 is 2.13 bits per heavy atom. The predicted octanol–water partition coefficient (Wildman–Crippen LogP) is 2.58. The van der Waals surface area contributed by atoms with Crippen molar-refractivity contribution >= 4 is 29.2 Å². The van der Waals surface area contributed by atoms with Crippen molar-refractivity contribution in [2.75, 3.05) is 24.3 Å². The van der Waals surface area contributed by atoms with Gasteiger partial charge >= 0.3 is 6.03 Å². The minimum Gasteiger partial charge on any atom is -0.331 e. The van der Waals surface area contributed by atoms with Crippen LogP contribution >= 0.6 is 0 Å². The van der Waals surface area contributed by atoms with E-state index in [0.717, 1.165) is 4.90 Å². The first-order chi connectivity index (χ1) is 11.0. The Morgan fingerprint density at radius 1 is 0.957 bits per heavy atom.